The van der Waals surface area contributed by atoms with Crippen LogP contribution in [0.4, 0.5) is 0 Å². The Bertz CT molecular complexity index is 660. The van der Waals surface area contributed by atoms with Crippen LogP contribution in [0.1, 0.15) is 118 Å². The molecule has 0 aromatic rings. The molecule has 0 heterocycles. The number of halogens is 1. The first-order valence-electron chi connectivity index (χ1n) is 14.7. The van der Waals surface area contributed by atoms with Gasteiger partial charge in [-0.1, -0.05) is 46.5 Å². The Labute approximate surface area is 242 Å². The van der Waals surface area contributed by atoms with Gasteiger partial charge in [-0.2, -0.15) is 0 Å². The van der Waals surface area contributed by atoms with Crippen LogP contribution in [0.15, 0.2) is 0 Å². The van der Waals surface area contributed by atoms with Crippen LogP contribution in [0.3, 0.4) is 0 Å². The topological polar surface area (TPSA) is 116 Å². The van der Waals surface area contributed by atoms with Gasteiger partial charge in [0.1, 0.15) is 0 Å². The van der Waals surface area contributed by atoms with Crippen LogP contribution >= 0.6 is 0 Å². The fraction of sp³-hybridized carbons (Fsp3) is 0.862. The van der Waals surface area contributed by atoms with Gasteiger partial charge in [0.15, 0.2) is 0 Å². The van der Waals surface area contributed by atoms with Crippen molar-refractivity contribution < 1.29 is 40.4 Å². The molecule has 0 aliphatic heterocycles. The number of hydrogen-bond acceptors (Lipinski definition) is 5. The monoisotopic (exact) mass is 651 g/mol. The summed E-state index contributed by atoms with van der Waals surface area (Å²) in [5.74, 6) is 0.199. The zero-order chi connectivity index (χ0) is 28.6. The first-order valence-corrected chi connectivity index (χ1v) is 18.4. The molecule has 0 aliphatic rings. The zero-order valence-electron chi connectivity index (χ0n) is 24.8. The Hall–Kier alpha value is -1.23. The molecule has 2 atom stereocenters. The Kier molecular flexibility index (Phi) is 24.0. The number of carbonyl (C=O) groups is 4. The number of hydrogen-bond donors (Lipinski definition) is 4. The van der Waals surface area contributed by atoms with Crippen molar-refractivity contribution in [2.75, 3.05) is 22.6 Å². The van der Waals surface area contributed by atoms with Gasteiger partial charge in [-0.05, 0) is 25.2 Å². The van der Waals surface area contributed by atoms with Gasteiger partial charge >= 0.3 is 131 Å². The first-order chi connectivity index (χ1) is 18.2. The number of carbonyl (C=O) groups excluding carboxylic acids is 4. The number of amides is 3. The maximum absolute atomic E-state index is 13.1. The fourth-order valence-electron chi connectivity index (χ4n) is 4.11. The molecule has 0 saturated heterocycles. The molecule has 4 N–H and O–H groups in total. The summed E-state index contributed by atoms with van der Waals surface area (Å²) in [5.41, 5.74) is 0. The van der Waals surface area contributed by atoms with Gasteiger partial charge in [-0.3, -0.25) is 9.59 Å². The zero-order valence-corrected chi connectivity index (χ0v) is 26.9. The molecule has 0 radical (unpaired) electrons. The fourth-order valence-corrected chi connectivity index (χ4v) is 5.03. The van der Waals surface area contributed by atoms with Gasteiger partial charge in [0.25, 0.3) is 0 Å². The molecule has 0 spiro atoms. The Morgan fingerprint density at radius 1 is 0.711 bits per heavy atom. The molecule has 0 aromatic heterocycles. The third kappa shape index (κ3) is 21.7. The van der Waals surface area contributed by atoms with Crippen LogP contribution in [-0.4, -0.2) is 58.2 Å². The number of nitrogens with one attached hydrogen (secondary N) is 4. The van der Waals surface area contributed by atoms with Crippen LogP contribution in [-0.2, 0) is 19.2 Å². The Balaban J connectivity index is 4.80. The van der Waals surface area contributed by atoms with Crippen LogP contribution in [0, 0.1) is 5.92 Å². The molecular weight excluding hydrogens is 595 g/mol. The van der Waals surface area contributed by atoms with Crippen molar-refractivity contribution in [2.24, 2.45) is 5.92 Å². The molecule has 3 amide bonds. The summed E-state index contributed by atoms with van der Waals surface area (Å²) in [7, 11) is 0. The van der Waals surface area contributed by atoms with Gasteiger partial charge in [-0.25, -0.2) is 0 Å². The molecule has 38 heavy (non-hydrogen) atoms. The Morgan fingerprint density at radius 3 is 1.95 bits per heavy atom. The quantitative estimate of drug-likeness (QED) is 0.0511. The summed E-state index contributed by atoms with van der Waals surface area (Å²) in [5, 5.41) is 12.2. The maximum atomic E-state index is 13.1. The van der Waals surface area contributed by atoms with Crippen molar-refractivity contribution in [2.45, 2.75) is 130 Å². The molecule has 0 aromatic carbocycles. The molecule has 0 rings (SSSR count). The number of ketones is 1. The summed E-state index contributed by atoms with van der Waals surface area (Å²) in [4.78, 5) is 52.1. The van der Waals surface area contributed by atoms with E-state index in [1.54, 1.807) is 0 Å². The summed E-state index contributed by atoms with van der Waals surface area (Å²) in [6.07, 6.45) is 11.2. The van der Waals surface area contributed by atoms with Crippen molar-refractivity contribution >= 4 is 23.5 Å². The summed E-state index contributed by atoms with van der Waals surface area (Å²) in [6, 6.07) is -1.21. The molecule has 9 heteroatoms. The SMILES string of the molecule is CCCCCC(=O)NCCCCC(NC(=O)CCCCC(C)C)C(=O)NC(CCCCNC[I-]C)C(C)=O. The van der Waals surface area contributed by atoms with E-state index >= 15 is 0 Å². The minimum absolute atomic E-state index is 0.0599. The van der Waals surface area contributed by atoms with Gasteiger partial charge in [0, 0.05) is 19.4 Å². The van der Waals surface area contributed by atoms with E-state index in [4.69, 9.17) is 0 Å². The van der Waals surface area contributed by atoms with E-state index < -0.39 is 12.1 Å². The first kappa shape index (κ1) is 36.8. The van der Waals surface area contributed by atoms with Crippen LogP contribution in [0.2, 0.25) is 0 Å². The van der Waals surface area contributed by atoms with Crippen molar-refractivity contribution in [1.29, 1.82) is 0 Å². The van der Waals surface area contributed by atoms with Crippen molar-refractivity contribution in [3.8, 4) is 0 Å². The molecule has 0 bridgehead atoms. The molecule has 2 unspecified atom stereocenters. The molecule has 0 aliphatic carbocycles. The Morgan fingerprint density at radius 2 is 1.32 bits per heavy atom. The number of Topliss-reactive ketones (excluding diaryl/α,β-unsaturated/α-hetero) is 1. The minimum atomic E-state index is -0.676. The van der Waals surface area contributed by atoms with Gasteiger partial charge in [0.2, 0.25) is 5.91 Å². The number of unbranched alkanes of at least 4 members (excludes halogenated alkanes) is 5. The van der Waals surface area contributed by atoms with Crippen LogP contribution in [0.5, 0.6) is 0 Å². The summed E-state index contributed by atoms with van der Waals surface area (Å²) >= 11 is 0.233. The van der Waals surface area contributed by atoms with Crippen molar-refractivity contribution in [3.63, 3.8) is 0 Å². The van der Waals surface area contributed by atoms with Gasteiger partial charge < -0.3 is 5.32 Å². The van der Waals surface area contributed by atoms with Crippen molar-refractivity contribution in [3.05, 3.63) is 0 Å². The standard InChI is InChI=1S/C29H56IN4O4/c1-6-7-8-18-27(36)32-21-14-12-17-26(33-28(37)19-10-9-15-23(2)3)29(38)34-25(24(4)35)16-11-13-20-31-22-30-5/h23,25-26,31H,6-22H2,1-5H3,(H,32,36)(H,33,37)(H,34,38)/q-1. The third-order valence-electron chi connectivity index (χ3n) is 6.47. The van der Waals surface area contributed by atoms with E-state index in [9.17, 15) is 19.2 Å². The molecule has 8 nitrogen and oxygen atoms in total. The predicted octanol–water partition coefficient (Wildman–Crippen LogP) is 1.06. The van der Waals surface area contributed by atoms with Gasteiger partial charge in [-0.15, -0.1) is 0 Å². The van der Waals surface area contributed by atoms with E-state index in [0.29, 0.717) is 44.6 Å². The van der Waals surface area contributed by atoms with E-state index in [0.717, 1.165) is 68.9 Å². The average molecular weight is 652 g/mol. The second kappa shape index (κ2) is 24.8. The number of alkyl halides is 2. The summed E-state index contributed by atoms with van der Waals surface area (Å²) < 4.78 is 1.09. The third-order valence-corrected chi connectivity index (χ3v) is 7.77. The predicted molar refractivity (Wildman–Crippen MR) is 151 cm³/mol. The second-order valence-corrected chi connectivity index (χ2v) is 12.9. The van der Waals surface area contributed by atoms with Crippen LogP contribution < -0.4 is 42.5 Å². The molecule has 0 saturated carbocycles. The van der Waals surface area contributed by atoms with Crippen LogP contribution in [0.25, 0.3) is 0 Å². The van der Waals surface area contributed by atoms with E-state index in [-0.39, 0.29) is 44.7 Å². The normalized spacial score (nSPS) is 12.8. The van der Waals surface area contributed by atoms with Gasteiger partial charge in [0.05, 0.1) is 0 Å². The average Bonchev–Trinajstić information content (AvgIpc) is 2.86. The van der Waals surface area contributed by atoms with Crippen molar-refractivity contribution in [1.82, 2.24) is 21.3 Å². The van der Waals surface area contributed by atoms with E-state index in [1.165, 1.54) is 6.92 Å². The van der Waals surface area contributed by atoms with E-state index in [1.807, 2.05) is 0 Å². The number of rotatable bonds is 25. The molecule has 0 fully saturated rings. The van der Waals surface area contributed by atoms with E-state index in [2.05, 4.69) is 47.0 Å². The summed E-state index contributed by atoms with van der Waals surface area (Å²) in [6.45, 7) is 9.45. The molecule has 224 valence electrons. The second-order valence-electron chi connectivity index (χ2n) is 10.6. The molecular formula is C29H56IN4O4-.